The van der Waals surface area contributed by atoms with Gasteiger partial charge in [-0.05, 0) is 19.3 Å². The second-order valence-electron chi connectivity index (χ2n) is 10.2. The van der Waals surface area contributed by atoms with Gasteiger partial charge in [0.1, 0.15) is 17.5 Å². The van der Waals surface area contributed by atoms with Crippen molar-refractivity contribution in [3.63, 3.8) is 0 Å². The molecule has 3 nitrogen and oxygen atoms in total. The van der Waals surface area contributed by atoms with E-state index in [2.05, 4.69) is 20.8 Å². The first-order chi connectivity index (χ1) is 16.3. The molecule has 0 radical (unpaired) electrons. The highest BCUT2D eigenvalue weighted by atomic mass is 15.0. The highest BCUT2D eigenvalue weighted by Crippen LogP contribution is 2.13. The van der Waals surface area contributed by atoms with Crippen LogP contribution in [0.5, 0.6) is 0 Å². The summed E-state index contributed by atoms with van der Waals surface area (Å²) in [4.78, 5) is 14.7. The van der Waals surface area contributed by atoms with Crippen molar-refractivity contribution in [1.82, 2.24) is 15.0 Å². The number of hydrogen-bond donors (Lipinski definition) is 0. The Balaban J connectivity index is 2.44. The molecule has 0 aliphatic heterocycles. The molecule has 192 valence electrons. The summed E-state index contributed by atoms with van der Waals surface area (Å²) < 4.78 is 0. The van der Waals surface area contributed by atoms with Gasteiger partial charge in [0.05, 0.1) is 0 Å². The summed E-state index contributed by atoms with van der Waals surface area (Å²) in [7, 11) is 0. The van der Waals surface area contributed by atoms with Crippen LogP contribution in [0.2, 0.25) is 0 Å². The van der Waals surface area contributed by atoms with Crippen LogP contribution in [-0.2, 0) is 19.3 Å². The lowest BCUT2D eigenvalue weighted by Gasteiger charge is -2.08. The molecule has 1 heterocycles. The van der Waals surface area contributed by atoms with Crippen LogP contribution < -0.4 is 0 Å². The highest BCUT2D eigenvalue weighted by molar-refractivity contribution is 4.99. The number of rotatable bonds is 24. The number of nitrogens with zero attached hydrogens (tertiary/aromatic N) is 3. The molecule has 33 heavy (non-hydrogen) atoms. The van der Waals surface area contributed by atoms with Crippen LogP contribution in [0.25, 0.3) is 0 Å². The smallest absolute Gasteiger partial charge is 0.132 e. The van der Waals surface area contributed by atoms with Gasteiger partial charge < -0.3 is 0 Å². The first-order valence-electron chi connectivity index (χ1n) is 15.0. The molecule has 0 N–H and O–H groups in total. The van der Waals surface area contributed by atoms with Gasteiger partial charge in [0, 0.05) is 19.3 Å². The average Bonchev–Trinajstić information content (AvgIpc) is 2.82. The second-order valence-corrected chi connectivity index (χ2v) is 10.2. The van der Waals surface area contributed by atoms with Crippen molar-refractivity contribution in [1.29, 1.82) is 0 Å². The summed E-state index contributed by atoms with van der Waals surface area (Å²) in [6, 6.07) is 0. The van der Waals surface area contributed by atoms with Gasteiger partial charge in [0.15, 0.2) is 0 Å². The predicted octanol–water partition coefficient (Wildman–Crippen LogP) is 9.75. The van der Waals surface area contributed by atoms with Crippen molar-refractivity contribution in [3.8, 4) is 0 Å². The summed E-state index contributed by atoms with van der Waals surface area (Å²) in [5.41, 5.74) is 0. The Morgan fingerprint density at radius 1 is 0.303 bits per heavy atom. The van der Waals surface area contributed by atoms with Gasteiger partial charge in [-0.1, -0.05) is 136 Å². The molecule has 1 aromatic heterocycles. The largest absolute Gasteiger partial charge is 0.218 e. The zero-order chi connectivity index (χ0) is 23.8. The molecule has 0 spiro atoms. The fourth-order valence-electron chi connectivity index (χ4n) is 4.58. The van der Waals surface area contributed by atoms with Crippen molar-refractivity contribution < 1.29 is 0 Å². The van der Waals surface area contributed by atoms with E-state index in [1.807, 2.05) is 0 Å². The summed E-state index contributed by atoms with van der Waals surface area (Å²) >= 11 is 0. The van der Waals surface area contributed by atoms with E-state index in [9.17, 15) is 0 Å². The molecule has 0 fully saturated rings. The number of hydrogen-bond acceptors (Lipinski definition) is 3. The van der Waals surface area contributed by atoms with Crippen LogP contribution in [-0.4, -0.2) is 15.0 Å². The average molecular weight is 460 g/mol. The molecular weight excluding hydrogens is 402 g/mol. The molecule has 0 bridgehead atoms. The van der Waals surface area contributed by atoms with Gasteiger partial charge in [-0.15, -0.1) is 0 Å². The van der Waals surface area contributed by atoms with Gasteiger partial charge in [-0.25, -0.2) is 15.0 Å². The topological polar surface area (TPSA) is 38.7 Å². The van der Waals surface area contributed by atoms with E-state index in [-0.39, 0.29) is 0 Å². The minimum atomic E-state index is 1.03. The molecule has 0 atom stereocenters. The van der Waals surface area contributed by atoms with E-state index in [4.69, 9.17) is 15.0 Å². The van der Waals surface area contributed by atoms with Crippen LogP contribution in [0.3, 0.4) is 0 Å². The van der Waals surface area contributed by atoms with Crippen molar-refractivity contribution in [2.24, 2.45) is 0 Å². The third kappa shape index (κ3) is 18.1. The maximum absolute atomic E-state index is 4.88. The Labute approximate surface area is 207 Å². The summed E-state index contributed by atoms with van der Waals surface area (Å²) in [6.07, 6.45) is 31.3. The first-order valence-corrected chi connectivity index (χ1v) is 15.0. The van der Waals surface area contributed by atoms with E-state index >= 15 is 0 Å². The highest BCUT2D eigenvalue weighted by Gasteiger charge is 2.07. The quantitative estimate of drug-likeness (QED) is 0.144. The van der Waals surface area contributed by atoms with Gasteiger partial charge in [0.2, 0.25) is 0 Å². The van der Waals surface area contributed by atoms with E-state index in [0.29, 0.717) is 0 Å². The third-order valence-electron chi connectivity index (χ3n) is 6.79. The minimum absolute atomic E-state index is 1.03. The van der Waals surface area contributed by atoms with Crippen LogP contribution in [0.1, 0.15) is 173 Å². The van der Waals surface area contributed by atoms with E-state index in [1.54, 1.807) is 0 Å². The SMILES string of the molecule is CCCCCCCCCc1nc(CCCCCCCCC)nc(CCCCCCCCC)n1. The Hall–Kier alpha value is -0.990. The van der Waals surface area contributed by atoms with Gasteiger partial charge in [-0.2, -0.15) is 0 Å². The van der Waals surface area contributed by atoms with E-state index in [0.717, 1.165) is 36.7 Å². The van der Waals surface area contributed by atoms with Crippen LogP contribution in [0, 0.1) is 0 Å². The number of aromatic nitrogens is 3. The Bertz CT molecular complexity index is 455. The summed E-state index contributed by atoms with van der Waals surface area (Å²) in [6.45, 7) is 6.86. The first kappa shape index (κ1) is 30.0. The number of aryl methyl sites for hydroxylation is 3. The molecule has 0 unspecified atom stereocenters. The lowest BCUT2D eigenvalue weighted by atomic mass is 10.1. The molecule has 3 heteroatoms. The maximum Gasteiger partial charge on any atom is 0.132 e. The molecule has 0 aliphatic rings. The minimum Gasteiger partial charge on any atom is -0.218 e. The molecular formula is C30H57N3. The number of unbranched alkanes of at least 4 members (excludes halogenated alkanes) is 18. The van der Waals surface area contributed by atoms with Gasteiger partial charge in [0.25, 0.3) is 0 Å². The predicted molar refractivity (Wildman–Crippen MR) is 145 cm³/mol. The molecule has 1 rings (SSSR count). The lowest BCUT2D eigenvalue weighted by Crippen LogP contribution is -2.08. The van der Waals surface area contributed by atoms with E-state index in [1.165, 1.54) is 135 Å². The zero-order valence-corrected chi connectivity index (χ0v) is 22.8. The molecule has 0 saturated carbocycles. The van der Waals surface area contributed by atoms with Gasteiger partial charge in [-0.3, -0.25) is 0 Å². The van der Waals surface area contributed by atoms with Crippen molar-refractivity contribution in [3.05, 3.63) is 17.5 Å². The summed E-state index contributed by atoms with van der Waals surface area (Å²) in [5, 5.41) is 0. The van der Waals surface area contributed by atoms with Crippen molar-refractivity contribution in [2.45, 2.75) is 175 Å². The van der Waals surface area contributed by atoms with Crippen LogP contribution in [0.15, 0.2) is 0 Å². The maximum atomic E-state index is 4.88. The Morgan fingerprint density at radius 3 is 0.758 bits per heavy atom. The zero-order valence-electron chi connectivity index (χ0n) is 22.8. The Morgan fingerprint density at radius 2 is 0.515 bits per heavy atom. The normalized spacial score (nSPS) is 11.4. The standard InChI is InChI=1S/C30H57N3/c1-4-7-10-13-16-19-22-25-28-31-29(26-23-20-17-14-11-8-5-2)33-30(32-28)27-24-21-18-15-12-9-6-3/h4-27H2,1-3H3. The molecule has 0 aromatic carbocycles. The molecule has 0 amide bonds. The fraction of sp³-hybridized carbons (Fsp3) is 0.900. The van der Waals surface area contributed by atoms with Crippen LogP contribution >= 0.6 is 0 Å². The second kappa shape index (κ2) is 22.8. The molecule has 1 aromatic rings. The molecule has 0 aliphatic carbocycles. The van der Waals surface area contributed by atoms with E-state index < -0.39 is 0 Å². The summed E-state index contributed by atoms with van der Waals surface area (Å²) in [5.74, 6) is 3.19. The fourth-order valence-corrected chi connectivity index (χ4v) is 4.58. The lowest BCUT2D eigenvalue weighted by molar-refractivity contribution is 0.566. The molecule has 0 saturated heterocycles. The third-order valence-corrected chi connectivity index (χ3v) is 6.79. The Kier molecular flexibility index (Phi) is 20.7. The van der Waals surface area contributed by atoms with Crippen molar-refractivity contribution >= 4 is 0 Å². The van der Waals surface area contributed by atoms with Crippen LogP contribution in [0.4, 0.5) is 0 Å². The van der Waals surface area contributed by atoms with Gasteiger partial charge >= 0.3 is 0 Å². The van der Waals surface area contributed by atoms with Crippen molar-refractivity contribution in [2.75, 3.05) is 0 Å². The monoisotopic (exact) mass is 459 g/mol.